The highest BCUT2D eigenvalue weighted by Gasteiger charge is 2.29. The van der Waals surface area contributed by atoms with Gasteiger partial charge in [-0.05, 0) is 73.3 Å². The van der Waals surface area contributed by atoms with Gasteiger partial charge in [0.1, 0.15) is 5.82 Å². The smallest absolute Gasteiger partial charge is 0.254 e. The van der Waals surface area contributed by atoms with Crippen LogP contribution < -0.4 is 0 Å². The first-order valence-corrected chi connectivity index (χ1v) is 12.5. The van der Waals surface area contributed by atoms with Gasteiger partial charge < -0.3 is 14.6 Å². The minimum absolute atomic E-state index is 0.0830. The number of nitriles is 1. The van der Waals surface area contributed by atoms with E-state index in [1.54, 1.807) is 7.11 Å². The third kappa shape index (κ3) is 4.61. The largest absolute Gasteiger partial charge is 0.378 e. The molecule has 35 heavy (non-hydrogen) atoms. The summed E-state index contributed by atoms with van der Waals surface area (Å²) in [6, 6.07) is 14.4. The third-order valence-electron chi connectivity index (χ3n) is 7.66. The SMILES string of the molecule is COCc1cnc(-c2cc(C(=O)N3CCC(c4ccccc4C#N)CC3)c(C)cc2C2CCC2)[nH]1. The van der Waals surface area contributed by atoms with Crippen LogP contribution in [-0.2, 0) is 11.3 Å². The number of aryl methyl sites for hydroxylation is 1. The average Bonchev–Trinajstić information content (AvgIpc) is 3.31. The summed E-state index contributed by atoms with van der Waals surface area (Å²) in [5.74, 6) is 1.73. The molecule has 2 aliphatic rings. The van der Waals surface area contributed by atoms with Crippen molar-refractivity contribution in [3.05, 3.63) is 76.1 Å². The number of methoxy groups -OCH3 is 1. The Bertz CT molecular complexity index is 1260. The molecule has 1 aliphatic carbocycles. The van der Waals surface area contributed by atoms with Crippen LogP contribution in [0.3, 0.4) is 0 Å². The number of carbonyl (C=O) groups is 1. The molecule has 1 aliphatic heterocycles. The summed E-state index contributed by atoms with van der Waals surface area (Å²) >= 11 is 0. The van der Waals surface area contributed by atoms with Crippen LogP contribution in [0.2, 0.25) is 0 Å². The first-order chi connectivity index (χ1) is 17.1. The van der Waals surface area contributed by atoms with Gasteiger partial charge in [-0.25, -0.2) is 4.98 Å². The third-order valence-corrected chi connectivity index (χ3v) is 7.66. The minimum Gasteiger partial charge on any atom is -0.378 e. The summed E-state index contributed by atoms with van der Waals surface area (Å²) < 4.78 is 5.25. The van der Waals surface area contributed by atoms with Crippen LogP contribution in [0.5, 0.6) is 0 Å². The number of hydrogen-bond donors (Lipinski definition) is 1. The highest BCUT2D eigenvalue weighted by Crippen LogP contribution is 2.42. The van der Waals surface area contributed by atoms with Crippen molar-refractivity contribution in [3.63, 3.8) is 0 Å². The van der Waals surface area contributed by atoms with Crippen molar-refractivity contribution in [2.45, 2.75) is 57.5 Å². The second kappa shape index (κ2) is 10.1. The van der Waals surface area contributed by atoms with Crippen LogP contribution in [-0.4, -0.2) is 41.0 Å². The van der Waals surface area contributed by atoms with Gasteiger partial charge in [0.2, 0.25) is 0 Å². The van der Waals surface area contributed by atoms with Gasteiger partial charge in [0, 0.05) is 31.3 Å². The molecule has 6 nitrogen and oxygen atoms in total. The van der Waals surface area contributed by atoms with Crippen LogP contribution >= 0.6 is 0 Å². The molecular weight excluding hydrogens is 436 g/mol. The number of hydrogen-bond acceptors (Lipinski definition) is 4. The van der Waals surface area contributed by atoms with Crippen molar-refractivity contribution in [1.82, 2.24) is 14.9 Å². The molecule has 0 bridgehead atoms. The lowest BCUT2D eigenvalue weighted by Crippen LogP contribution is -2.38. The van der Waals surface area contributed by atoms with E-state index in [-0.39, 0.29) is 5.91 Å². The molecule has 3 aromatic rings. The molecule has 1 aromatic heterocycles. The Balaban J connectivity index is 1.39. The summed E-state index contributed by atoms with van der Waals surface area (Å²) in [5, 5.41) is 9.47. The van der Waals surface area contributed by atoms with Crippen molar-refractivity contribution in [2.75, 3.05) is 20.2 Å². The second-order valence-electron chi connectivity index (χ2n) is 9.84. The quantitative estimate of drug-likeness (QED) is 0.504. The van der Waals surface area contributed by atoms with Gasteiger partial charge in [-0.1, -0.05) is 30.7 Å². The lowest BCUT2D eigenvalue weighted by atomic mass is 9.77. The summed E-state index contributed by atoms with van der Waals surface area (Å²) in [6.45, 7) is 3.92. The Morgan fingerprint density at radius 1 is 1.14 bits per heavy atom. The number of carbonyl (C=O) groups excluding carboxylic acids is 1. The normalized spacial score (nSPS) is 16.7. The molecule has 6 heteroatoms. The zero-order valence-corrected chi connectivity index (χ0v) is 20.5. The van der Waals surface area contributed by atoms with Crippen molar-refractivity contribution < 1.29 is 9.53 Å². The minimum atomic E-state index is 0.0830. The van der Waals surface area contributed by atoms with Crippen molar-refractivity contribution in [3.8, 4) is 17.5 Å². The van der Waals surface area contributed by atoms with E-state index in [1.165, 1.54) is 24.8 Å². The number of ether oxygens (including phenoxy) is 1. The molecule has 0 radical (unpaired) electrons. The molecule has 1 amide bonds. The predicted molar refractivity (Wildman–Crippen MR) is 135 cm³/mol. The molecular formula is C29H32N4O2. The van der Waals surface area contributed by atoms with Gasteiger partial charge in [0.25, 0.3) is 5.91 Å². The van der Waals surface area contributed by atoms with E-state index in [4.69, 9.17) is 4.74 Å². The molecule has 5 rings (SSSR count). The number of aromatic amines is 1. The molecule has 2 fully saturated rings. The van der Waals surface area contributed by atoms with Crippen LogP contribution in [0.1, 0.15) is 82.2 Å². The highest BCUT2D eigenvalue weighted by atomic mass is 16.5. The van der Waals surface area contributed by atoms with E-state index < -0.39 is 0 Å². The molecule has 1 N–H and O–H groups in total. The van der Waals surface area contributed by atoms with Gasteiger partial charge >= 0.3 is 0 Å². The predicted octanol–water partition coefficient (Wildman–Crippen LogP) is 5.69. The Kier molecular flexibility index (Phi) is 6.70. The fraction of sp³-hybridized carbons (Fsp3) is 0.414. The van der Waals surface area contributed by atoms with Crippen molar-refractivity contribution >= 4 is 5.91 Å². The number of likely N-dealkylation sites (tertiary alicyclic amines) is 1. The standard InChI is InChI=1S/C29H32N4O2/c1-19-14-26(20-7-5-8-20)27(28-31-17-23(32-28)18-35-2)15-25(19)29(34)33-12-10-21(11-13-33)24-9-4-3-6-22(24)16-30/h3-4,6,9,14-15,17,20-21H,5,7-8,10-13,18H2,1-2H3,(H,31,32). The number of amides is 1. The average molecular weight is 469 g/mol. The van der Waals surface area contributed by atoms with Gasteiger partial charge in [-0.3, -0.25) is 4.79 Å². The first-order valence-electron chi connectivity index (χ1n) is 12.5. The lowest BCUT2D eigenvalue weighted by molar-refractivity contribution is 0.0712. The monoisotopic (exact) mass is 468 g/mol. The Labute approximate surface area is 206 Å². The van der Waals surface area contributed by atoms with Crippen LogP contribution in [0, 0.1) is 18.3 Å². The molecule has 0 unspecified atom stereocenters. The maximum absolute atomic E-state index is 13.7. The molecule has 1 saturated carbocycles. The van der Waals surface area contributed by atoms with Gasteiger partial charge in [0.15, 0.2) is 0 Å². The van der Waals surface area contributed by atoms with E-state index in [1.807, 2.05) is 36.2 Å². The summed E-state index contributed by atoms with van der Waals surface area (Å²) in [5.41, 5.74) is 6.88. The Morgan fingerprint density at radius 3 is 2.57 bits per heavy atom. The zero-order valence-electron chi connectivity index (χ0n) is 20.5. The molecule has 1 saturated heterocycles. The van der Waals surface area contributed by atoms with E-state index in [2.05, 4.69) is 34.2 Å². The number of nitrogens with one attached hydrogen (secondary N) is 1. The van der Waals surface area contributed by atoms with Crippen molar-refractivity contribution in [1.29, 1.82) is 5.26 Å². The number of rotatable bonds is 6. The topological polar surface area (TPSA) is 82.0 Å². The summed E-state index contributed by atoms with van der Waals surface area (Å²) in [6.07, 6.45) is 7.17. The lowest BCUT2D eigenvalue weighted by Gasteiger charge is -2.33. The number of nitrogens with zero attached hydrogens (tertiary/aromatic N) is 3. The highest BCUT2D eigenvalue weighted by molar-refractivity contribution is 5.97. The fourth-order valence-electron chi connectivity index (χ4n) is 5.47. The van der Waals surface area contributed by atoms with E-state index in [0.717, 1.165) is 52.2 Å². The van der Waals surface area contributed by atoms with E-state index >= 15 is 0 Å². The van der Waals surface area contributed by atoms with Gasteiger partial charge in [-0.2, -0.15) is 5.26 Å². The number of benzene rings is 2. The second-order valence-corrected chi connectivity index (χ2v) is 9.84. The first kappa shape index (κ1) is 23.3. The van der Waals surface area contributed by atoms with Gasteiger partial charge in [0.05, 0.1) is 30.1 Å². The number of imidazole rings is 1. The molecule has 0 atom stereocenters. The zero-order chi connectivity index (χ0) is 24.4. The maximum atomic E-state index is 13.7. The van der Waals surface area contributed by atoms with E-state index in [0.29, 0.717) is 31.5 Å². The number of aromatic nitrogens is 2. The summed E-state index contributed by atoms with van der Waals surface area (Å²) in [7, 11) is 1.67. The Morgan fingerprint density at radius 2 is 1.89 bits per heavy atom. The maximum Gasteiger partial charge on any atom is 0.254 e. The number of piperidine rings is 1. The van der Waals surface area contributed by atoms with Crippen LogP contribution in [0.4, 0.5) is 0 Å². The molecule has 2 aromatic carbocycles. The van der Waals surface area contributed by atoms with E-state index in [9.17, 15) is 10.1 Å². The molecule has 180 valence electrons. The van der Waals surface area contributed by atoms with Crippen LogP contribution in [0.15, 0.2) is 42.6 Å². The summed E-state index contributed by atoms with van der Waals surface area (Å²) in [4.78, 5) is 23.6. The fourth-order valence-corrected chi connectivity index (χ4v) is 5.47. The number of H-pyrrole nitrogens is 1. The molecule has 2 heterocycles. The van der Waals surface area contributed by atoms with Crippen LogP contribution in [0.25, 0.3) is 11.4 Å². The molecule has 0 spiro atoms. The Hall–Kier alpha value is -3.43. The van der Waals surface area contributed by atoms with Gasteiger partial charge in [-0.15, -0.1) is 0 Å². The van der Waals surface area contributed by atoms with Crippen molar-refractivity contribution in [2.24, 2.45) is 0 Å².